The maximum atomic E-state index is 13.3. The summed E-state index contributed by atoms with van der Waals surface area (Å²) in [7, 11) is 2.71. The Kier molecular flexibility index (Phi) is 7.12. The number of benzene rings is 2. The van der Waals surface area contributed by atoms with Crippen LogP contribution in [0.2, 0.25) is 0 Å². The van der Waals surface area contributed by atoms with Crippen molar-refractivity contribution in [1.82, 2.24) is 15.1 Å². The molecular formula is C27H32N4O5. The number of nitrogens with one attached hydrogen (secondary N) is 2. The summed E-state index contributed by atoms with van der Waals surface area (Å²) in [6.07, 6.45) is 0.173. The highest BCUT2D eigenvalue weighted by atomic mass is 16.5. The molecule has 2 aromatic carbocycles. The van der Waals surface area contributed by atoms with Crippen molar-refractivity contribution < 1.29 is 23.9 Å². The molecule has 0 spiro atoms. The van der Waals surface area contributed by atoms with Crippen LogP contribution >= 0.6 is 0 Å². The molecule has 190 valence electrons. The van der Waals surface area contributed by atoms with E-state index in [0.29, 0.717) is 12.2 Å². The lowest BCUT2D eigenvalue weighted by Crippen LogP contribution is -2.59. The predicted molar refractivity (Wildman–Crippen MR) is 134 cm³/mol. The number of carbonyl (C=O) groups is 4. The summed E-state index contributed by atoms with van der Waals surface area (Å²) in [4.78, 5) is 55.5. The minimum atomic E-state index is -1.43. The standard InChI is InChI=1S/C27H32N4O5/c1-5-31(26(35)28-19-13-11-17(2)12-14-19)16-20-21-22(24(33)30(3)23(21)32)27(29-20,25(34)36-4)15-18-9-7-6-8-10-18/h6-14,20-22,29H,5,15-16H2,1-4H3,(H,28,35)/t20-,21+,22-,27-/m1/s1. The molecule has 4 amide bonds. The highest BCUT2D eigenvalue weighted by Crippen LogP contribution is 2.45. The van der Waals surface area contributed by atoms with Crippen molar-refractivity contribution in [3.63, 3.8) is 0 Å². The van der Waals surface area contributed by atoms with E-state index >= 15 is 0 Å². The number of anilines is 1. The maximum absolute atomic E-state index is 13.3. The van der Waals surface area contributed by atoms with Crippen LogP contribution in [0.5, 0.6) is 0 Å². The van der Waals surface area contributed by atoms with Crippen molar-refractivity contribution >= 4 is 29.5 Å². The molecular weight excluding hydrogens is 460 g/mol. The zero-order valence-corrected chi connectivity index (χ0v) is 21.0. The molecule has 0 radical (unpaired) electrons. The Balaban J connectivity index is 1.65. The number of urea groups is 1. The summed E-state index contributed by atoms with van der Waals surface area (Å²) in [5.74, 6) is -3.13. The molecule has 2 aromatic rings. The summed E-state index contributed by atoms with van der Waals surface area (Å²) in [6.45, 7) is 4.31. The van der Waals surface area contributed by atoms with Crippen molar-refractivity contribution in [3.8, 4) is 0 Å². The predicted octanol–water partition coefficient (Wildman–Crippen LogP) is 2.21. The van der Waals surface area contributed by atoms with Crippen LogP contribution in [0, 0.1) is 18.8 Å². The summed E-state index contributed by atoms with van der Waals surface area (Å²) < 4.78 is 5.18. The Morgan fingerprint density at radius 3 is 2.36 bits per heavy atom. The normalized spacial score (nSPS) is 25.0. The van der Waals surface area contributed by atoms with Gasteiger partial charge in [-0.3, -0.25) is 24.6 Å². The number of fused-ring (bicyclic) bond motifs is 1. The number of rotatable bonds is 7. The molecule has 2 N–H and O–H groups in total. The topological polar surface area (TPSA) is 108 Å². The summed E-state index contributed by atoms with van der Waals surface area (Å²) in [5.41, 5.74) is 1.12. The van der Waals surface area contributed by atoms with Gasteiger partial charge in [-0.05, 0) is 31.5 Å². The van der Waals surface area contributed by atoms with Gasteiger partial charge in [0.15, 0.2) is 0 Å². The van der Waals surface area contributed by atoms with Gasteiger partial charge in [-0.2, -0.15) is 0 Å². The molecule has 2 heterocycles. The molecule has 4 atom stereocenters. The molecule has 2 fully saturated rings. The molecule has 2 saturated heterocycles. The fourth-order valence-corrected chi connectivity index (χ4v) is 5.38. The van der Waals surface area contributed by atoms with Crippen molar-refractivity contribution in [2.75, 3.05) is 32.6 Å². The quantitative estimate of drug-likeness (QED) is 0.453. The lowest BCUT2D eigenvalue weighted by molar-refractivity contribution is -0.153. The molecule has 0 aliphatic carbocycles. The monoisotopic (exact) mass is 492 g/mol. The first-order chi connectivity index (χ1) is 17.2. The second kappa shape index (κ2) is 10.1. The van der Waals surface area contributed by atoms with E-state index in [4.69, 9.17) is 4.74 Å². The van der Waals surface area contributed by atoms with Gasteiger partial charge in [0.1, 0.15) is 5.54 Å². The van der Waals surface area contributed by atoms with Gasteiger partial charge < -0.3 is 15.0 Å². The molecule has 0 bridgehead atoms. The van der Waals surface area contributed by atoms with Gasteiger partial charge in [-0.15, -0.1) is 0 Å². The van der Waals surface area contributed by atoms with Crippen molar-refractivity contribution in [1.29, 1.82) is 0 Å². The number of aryl methyl sites for hydroxylation is 1. The summed E-state index contributed by atoms with van der Waals surface area (Å²) >= 11 is 0. The largest absolute Gasteiger partial charge is 0.468 e. The third-order valence-corrected chi connectivity index (χ3v) is 7.24. The second-order valence-electron chi connectivity index (χ2n) is 9.45. The maximum Gasteiger partial charge on any atom is 0.327 e. The molecule has 36 heavy (non-hydrogen) atoms. The Bertz CT molecular complexity index is 1150. The highest BCUT2D eigenvalue weighted by molar-refractivity contribution is 6.09. The van der Waals surface area contributed by atoms with Gasteiger partial charge in [0.2, 0.25) is 11.8 Å². The number of carbonyl (C=O) groups excluding carboxylic acids is 4. The Morgan fingerprint density at radius 2 is 1.75 bits per heavy atom. The molecule has 4 rings (SSSR count). The van der Waals surface area contributed by atoms with E-state index in [2.05, 4.69) is 10.6 Å². The molecule has 9 nitrogen and oxygen atoms in total. The van der Waals surface area contributed by atoms with Crippen LogP contribution in [0.3, 0.4) is 0 Å². The number of methoxy groups -OCH3 is 1. The molecule has 0 unspecified atom stereocenters. The van der Waals surface area contributed by atoms with E-state index in [1.54, 1.807) is 4.90 Å². The van der Waals surface area contributed by atoms with E-state index < -0.39 is 35.3 Å². The first kappa shape index (κ1) is 25.4. The van der Waals surface area contributed by atoms with Crippen LogP contribution in [0.15, 0.2) is 54.6 Å². The van der Waals surface area contributed by atoms with Gasteiger partial charge in [0, 0.05) is 38.3 Å². The van der Waals surface area contributed by atoms with Gasteiger partial charge in [0.25, 0.3) is 0 Å². The molecule has 0 saturated carbocycles. The summed E-state index contributed by atoms with van der Waals surface area (Å²) in [6, 6.07) is 15.8. The average molecular weight is 493 g/mol. The van der Waals surface area contributed by atoms with Gasteiger partial charge in [-0.1, -0.05) is 48.0 Å². The van der Waals surface area contributed by atoms with Crippen molar-refractivity contribution in [2.45, 2.75) is 31.8 Å². The molecule has 0 aromatic heterocycles. The highest BCUT2D eigenvalue weighted by Gasteiger charge is 2.68. The van der Waals surface area contributed by atoms with Crippen LogP contribution < -0.4 is 10.6 Å². The fourth-order valence-electron chi connectivity index (χ4n) is 5.38. The van der Waals surface area contributed by atoms with E-state index in [1.807, 2.05) is 68.4 Å². The number of likely N-dealkylation sites (N-methyl/N-ethyl adjacent to an activating group) is 1. The molecule has 2 aliphatic heterocycles. The Morgan fingerprint density at radius 1 is 1.08 bits per heavy atom. The van der Waals surface area contributed by atoms with Gasteiger partial charge in [-0.25, -0.2) is 4.79 Å². The van der Waals surface area contributed by atoms with Crippen LogP contribution in [-0.4, -0.2) is 72.4 Å². The minimum Gasteiger partial charge on any atom is -0.468 e. The average Bonchev–Trinajstić information content (AvgIpc) is 3.32. The van der Waals surface area contributed by atoms with Gasteiger partial charge >= 0.3 is 12.0 Å². The van der Waals surface area contributed by atoms with Crippen LogP contribution in [0.4, 0.5) is 10.5 Å². The van der Waals surface area contributed by atoms with E-state index in [0.717, 1.165) is 16.0 Å². The zero-order chi connectivity index (χ0) is 26.0. The fraction of sp³-hybridized carbons (Fsp3) is 0.407. The van der Waals surface area contributed by atoms with Crippen LogP contribution in [0.25, 0.3) is 0 Å². The lowest BCUT2D eigenvalue weighted by atomic mass is 9.76. The van der Waals surface area contributed by atoms with Crippen molar-refractivity contribution in [2.24, 2.45) is 11.8 Å². The number of hydrogen-bond acceptors (Lipinski definition) is 6. The van der Waals surface area contributed by atoms with E-state index in [-0.39, 0.29) is 24.9 Å². The Labute approximate surface area is 210 Å². The first-order valence-electron chi connectivity index (χ1n) is 12.1. The molecule has 9 heteroatoms. The van der Waals surface area contributed by atoms with E-state index in [1.165, 1.54) is 14.2 Å². The number of likely N-dealkylation sites (tertiary alicyclic amines) is 1. The SMILES string of the molecule is CCN(C[C@H]1N[C@@](Cc2ccccc2)(C(=O)OC)[C@H]2C(=O)N(C)C(=O)[C@@H]12)C(=O)Nc1ccc(C)cc1. The number of nitrogens with zero attached hydrogens (tertiary/aromatic N) is 2. The summed E-state index contributed by atoms with van der Waals surface area (Å²) in [5, 5.41) is 6.20. The number of esters is 1. The van der Waals surface area contributed by atoms with Gasteiger partial charge in [0.05, 0.1) is 18.9 Å². The zero-order valence-electron chi connectivity index (χ0n) is 21.0. The lowest BCUT2D eigenvalue weighted by Gasteiger charge is -2.33. The van der Waals surface area contributed by atoms with Crippen molar-refractivity contribution in [3.05, 3.63) is 65.7 Å². The number of imide groups is 1. The second-order valence-corrected chi connectivity index (χ2v) is 9.45. The Hall–Kier alpha value is -3.72. The smallest absolute Gasteiger partial charge is 0.327 e. The number of amides is 4. The minimum absolute atomic E-state index is 0.135. The van der Waals surface area contributed by atoms with Crippen LogP contribution in [-0.2, 0) is 25.5 Å². The molecule has 2 aliphatic rings. The van der Waals surface area contributed by atoms with E-state index in [9.17, 15) is 19.2 Å². The number of hydrogen-bond donors (Lipinski definition) is 2. The van der Waals surface area contributed by atoms with Crippen LogP contribution in [0.1, 0.15) is 18.1 Å². The third-order valence-electron chi connectivity index (χ3n) is 7.24. The number of ether oxygens (including phenoxy) is 1. The first-order valence-corrected chi connectivity index (χ1v) is 12.1. The third kappa shape index (κ3) is 4.46.